The first-order valence-electron chi connectivity index (χ1n) is 8.99. The summed E-state index contributed by atoms with van der Waals surface area (Å²) < 4.78 is 16.5. The van der Waals surface area contributed by atoms with Crippen LogP contribution in [0.2, 0.25) is 0 Å². The van der Waals surface area contributed by atoms with E-state index in [1.807, 2.05) is 37.4 Å². The van der Waals surface area contributed by atoms with E-state index in [0.29, 0.717) is 36.8 Å². The molecule has 8 nitrogen and oxygen atoms in total. The maximum atomic E-state index is 5.78. The number of hydrogen-bond donors (Lipinski definition) is 0. The molecule has 2 aromatic heterocycles. The predicted octanol–water partition coefficient (Wildman–Crippen LogP) is 2.97. The van der Waals surface area contributed by atoms with Crippen molar-refractivity contribution in [2.24, 2.45) is 0 Å². The second-order valence-corrected chi connectivity index (χ2v) is 7.16. The minimum Gasteiger partial charge on any atom is -0.467 e. The Morgan fingerprint density at radius 2 is 1.89 bits per heavy atom. The van der Waals surface area contributed by atoms with Gasteiger partial charge < -0.3 is 18.9 Å². The Morgan fingerprint density at radius 3 is 2.64 bits per heavy atom. The van der Waals surface area contributed by atoms with E-state index in [9.17, 15) is 0 Å². The Morgan fingerprint density at radius 1 is 1.11 bits per heavy atom. The summed E-state index contributed by atoms with van der Waals surface area (Å²) in [5.41, 5.74) is 1.74. The fraction of sp³-hybridized carbons (Fsp3) is 0.368. The van der Waals surface area contributed by atoms with Crippen molar-refractivity contribution < 1.29 is 14.0 Å². The second kappa shape index (κ2) is 8.57. The lowest BCUT2D eigenvalue weighted by atomic mass is 10.2. The second-order valence-electron chi connectivity index (χ2n) is 6.28. The van der Waals surface area contributed by atoms with Gasteiger partial charge in [0.05, 0.1) is 13.2 Å². The number of hydrogen-bond acceptors (Lipinski definition) is 9. The van der Waals surface area contributed by atoms with Gasteiger partial charge in [0.25, 0.3) is 5.89 Å². The summed E-state index contributed by atoms with van der Waals surface area (Å²) in [6, 6.07) is 9.81. The summed E-state index contributed by atoms with van der Waals surface area (Å²) in [4.78, 5) is 16.7. The Hall–Kier alpha value is -2.65. The van der Waals surface area contributed by atoms with Gasteiger partial charge >= 0.3 is 0 Å². The van der Waals surface area contributed by atoms with Gasteiger partial charge in [0.15, 0.2) is 6.61 Å². The van der Waals surface area contributed by atoms with E-state index in [2.05, 4.69) is 25.0 Å². The van der Waals surface area contributed by atoms with Gasteiger partial charge in [-0.3, -0.25) is 0 Å². The number of nitrogens with zero attached hydrogens (tertiary/aromatic N) is 5. The van der Waals surface area contributed by atoms with Crippen LogP contribution in [-0.4, -0.2) is 52.7 Å². The molecular weight excluding hydrogens is 378 g/mol. The average molecular weight is 399 g/mol. The molecule has 0 bridgehead atoms. The molecule has 3 heterocycles. The molecule has 0 spiro atoms. The molecule has 1 aromatic carbocycles. The largest absolute Gasteiger partial charge is 0.467 e. The van der Waals surface area contributed by atoms with Crippen molar-refractivity contribution in [3.05, 3.63) is 41.9 Å². The molecule has 0 N–H and O–H groups in total. The van der Waals surface area contributed by atoms with Crippen LogP contribution in [0.1, 0.15) is 11.6 Å². The van der Waals surface area contributed by atoms with Crippen molar-refractivity contribution in [2.45, 2.75) is 18.4 Å². The fourth-order valence-electron chi connectivity index (χ4n) is 2.81. The highest BCUT2D eigenvalue weighted by Crippen LogP contribution is 2.22. The van der Waals surface area contributed by atoms with E-state index in [-0.39, 0.29) is 6.61 Å². The van der Waals surface area contributed by atoms with Gasteiger partial charge in [-0.15, -0.1) is 11.8 Å². The Kier molecular flexibility index (Phi) is 5.73. The Balaban J connectivity index is 1.43. The van der Waals surface area contributed by atoms with Crippen molar-refractivity contribution in [1.82, 2.24) is 20.1 Å². The van der Waals surface area contributed by atoms with Crippen molar-refractivity contribution in [2.75, 3.05) is 37.5 Å². The molecule has 146 valence electrons. The number of morpholine rings is 1. The summed E-state index contributed by atoms with van der Waals surface area (Å²) in [7, 11) is 0. The number of anilines is 1. The zero-order chi connectivity index (χ0) is 19.3. The highest BCUT2D eigenvalue weighted by atomic mass is 32.2. The van der Waals surface area contributed by atoms with Crippen molar-refractivity contribution in [3.63, 3.8) is 0 Å². The third kappa shape index (κ3) is 4.42. The molecule has 28 heavy (non-hydrogen) atoms. The standard InChI is InChI=1S/C19H21N5O3S/c1-13-11-16(22-19(20-13)24-7-9-25-10-8-24)26-12-17-21-18(23-27-17)14-3-5-15(28-2)6-4-14/h3-6,11H,7-10,12H2,1-2H3. The van der Waals surface area contributed by atoms with Crippen molar-refractivity contribution in [1.29, 1.82) is 0 Å². The van der Waals surface area contributed by atoms with Crippen molar-refractivity contribution >= 4 is 17.7 Å². The van der Waals surface area contributed by atoms with E-state index in [0.717, 1.165) is 24.3 Å². The topological polar surface area (TPSA) is 86.4 Å². The number of thioether (sulfide) groups is 1. The molecule has 1 aliphatic heterocycles. The SMILES string of the molecule is CSc1ccc(-c2noc(COc3cc(C)nc(N4CCOCC4)n3)n2)cc1. The van der Waals surface area contributed by atoms with Crippen LogP contribution >= 0.6 is 11.8 Å². The van der Waals surface area contributed by atoms with Gasteiger partial charge in [-0.05, 0) is 37.4 Å². The van der Waals surface area contributed by atoms with Gasteiger partial charge in [-0.2, -0.15) is 9.97 Å². The van der Waals surface area contributed by atoms with Crippen LogP contribution in [0.3, 0.4) is 0 Å². The van der Waals surface area contributed by atoms with Crippen molar-refractivity contribution in [3.8, 4) is 17.3 Å². The van der Waals surface area contributed by atoms with Gasteiger partial charge in [0.2, 0.25) is 17.7 Å². The van der Waals surface area contributed by atoms with E-state index in [1.165, 1.54) is 4.90 Å². The maximum absolute atomic E-state index is 5.78. The highest BCUT2D eigenvalue weighted by molar-refractivity contribution is 7.98. The zero-order valence-electron chi connectivity index (χ0n) is 15.8. The van der Waals surface area contributed by atoms with Crippen LogP contribution in [0.15, 0.2) is 39.8 Å². The minimum absolute atomic E-state index is 0.148. The third-order valence-corrected chi connectivity index (χ3v) is 5.02. The van der Waals surface area contributed by atoms with E-state index < -0.39 is 0 Å². The molecule has 3 aromatic rings. The first-order valence-corrected chi connectivity index (χ1v) is 10.2. The van der Waals surface area contributed by atoms with Crippen LogP contribution in [0, 0.1) is 6.92 Å². The molecule has 0 amide bonds. The molecule has 0 aliphatic carbocycles. The molecule has 9 heteroatoms. The quantitative estimate of drug-likeness (QED) is 0.581. The Bertz CT molecular complexity index is 926. The minimum atomic E-state index is 0.148. The molecule has 1 saturated heterocycles. The fourth-order valence-corrected chi connectivity index (χ4v) is 3.22. The molecule has 0 saturated carbocycles. The van der Waals surface area contributed by atoms with Crippen LogP contribution in [0.25, 0.3) is 11.4 Å². The van der Waals surface area contributed by atoms with Crippen LogP contribution in [0.5, 0.6) is 5.88 Å². The zero-order valence-corrected chi connectivity index (χ0v) is 16.6. The number of aromatic nitrogens is 4. The summed E-state index contributed by atoms with van der Waals surface area (Å²) >= 11 is 1.69. The summed E-state index contributed by atoms with van der Waals surface area (Å²) in [6.07, 6.45) is 2.04. The van der Waals surface area contributed by atoms with E-state index >= 15 is 0 Å². The lowest BCUT2D eigenvalue weighted by Gasteiger charge is -2.27. The van der Waals surface area contributed by atoms with E-state index in [4.69, 9.17) is 14.0 Å². The first kappa shape index (κ1) is 18.7. The molecule has 0 radical (unpaired) electrons. The lowest BCUT2D eigenvalue weighted by Crippen LogP contribution is -2.37. The monoisotopic (exact) mass is 399 g/mol. The summed E-state index contributed by atoms with van der Waals surface area (Å²) in [6.45, 7) is 4.96. The smallest absolute Gasteiger partial charge is 0.264 e. The first-order chi connectivity index (χ1) is 13.7. The van der Waals surface area contributed by atoms with Crippen LogP contribution in [-0.2, 0) is 11.3 Å². The summed E-state index contributed by atoms with van der Waals surface area (Å²) in [5.74, 6) is 2.07. The molecule has 0 unspecified atom stereocenters. The van der Waals surface area contributed by atoms with Gasteiger partial charge in [-0.25, -0.2) is 4.98 Å². The summed E-state index contributed by atoms with van der Waals surface area (Å²) in [5, 5.41) is 4.03. The maximum Gasteiger partial charge on any atom is 0.264 e. The van der Waals surface area contributed by atoms with E-state index in [1.54, 1.807) is 17.8 Å². The average Bonchev–Trinajstić information content (AvgIpc) is 3.22. The number of ether oxygens (including phenoxy) is 2. The third-order valence-electron chi connectivity index (χ3n) is 4.27. The van der Waals surface area contributed by atoms with Gasteiger partial charge in [0, 0.05) is 35.3 Å². The number of rotatable bonds is 6. The van der Waals surface area contributed by atoms with Crippen LogP contribution in [0.4, 0.5) is 5.95 Å². The van der Waals surface area contributed by atoms with Gasteiger partial charge in [-0.1, -0.05) is 5.16 Å². The molecule has 1 aliphatic rings. The normalized spacial score (nSPS) is 14.3. The number of aryl methyl sites for hydroxylation is 1. The van der Waals surface area contributed by atoms with Crippen LogP contribution < -0.4 is 9.64 Å². The van der Waals surface area contributed by atoms with Gasteiger partial charge in [0.1, 0.15) is 0 Å². The molecule has 0 atom stereocenters. The number of benzene rings is 1. The Labute approximate surface area is 167 Å². The molecular formula is C19H21N5O3S. The molecule has 1 fully saturated rings. The lowest BCUT2D eigenvalue weighted by molar-refractivity contribution is 0.122. The molecule has 4 rings (SSSR count). The highest BCUT2D eigenvalue weighted by Gasteiger charge is 2.16. The predicted molar refractivity (Wildman–Crippen MR) is 106 cm³/mol.